The number of benzene rings is 2. The number of alkyl halides is 1. The van der Waals surface area contributed by atoms with E-state index in [1.807, 2.05) is 30.3 Å². The Labute approximate surface area is 223 Å². The van der Waals surface area contributed by atoms with Crippen molar-refractivity contribution in [3.05, 3.63) is 86.7 Å². The zero-order valence-corrected chi connectivity index (χ0v) is 21.4. The van der Waals surface area contributed by atoms with Gasteiger partial charge in [0.25, 0.3) is 5.56 Å². The lowest BCUT2D eigenvalue weighted by molar-refractivity contribution is -0.173. The quantitative estimate of drug-likeness (QED) is 0.349. The SMILES string of the molecule is COc1ccc2nc3c(c4c2c1N(Cc1ccccc1)CC4)Cn1c-3cc2c(c1=O)COC(=O)C2(O)CCF. The number of rotatable bonds is 5. The Morgan fingerprint density at radius 2 is 1.95 bits per heavy atom. The van der Waals surface area contributed by atoms with Gasteiger partial charge in [-0.2, -0.15) is 0 Å². The topological polar surface area (TPSA) is 93.9 Å². The van der Waals surface area contributed by atoms with Crippen LogP contribution in [0.2, 0.25) is 0 Å². The zero-order valence-electron chi connectivity index (χ0n) is 21.4. The average molecular weight is 528 g/mol. The molecule has 4 aromatic rings. The van der Waals surface area contributed by atoms with E-state index in [0.29, 0.717) is 17.9 Å². The number of halogens is 1. The molecule has 0 saturated carbocycles. The average Bonchev–Trinajstić information content (AvgIpc) is 3.32. The minimum Gasteiger partial charge on any atom is -0.495 e. The van der Waals surface area contributed by atoms with Crippen molar-refractivity contribution in [1.82, 2.24) is 9.55 Å². The van der Waals surface area contributed by atoms with Crippen LogP contribution >= 0.6 is 0 Å². The maximum Gasteiger partial charge on any atom is 0.343 e. The monoisotopic (exact) mass is 527 g/mol. The second-order valence-corrected chi connectivity index (χ2v) is 10.3. The van der Waals surface area contributed by atoms with Crippen molar-refractivity contribution in [2.75, 3.05) is 25.2 Å². The molecule has 1 atom stereocenters. The lowest BCUT2D eigenvalue weighted by Crippen LogP contribution is -2.45. The zero-order chi connectivity index (χ0) is 26.9. The summed E-state index contributed by atoms with van der Waals surface area (Å²) < 4.78 is 25.9. The number of carbonyl (C=O) groups is 1. The first kappa shape index (κ1) is 23.8. The van der Waals surface area contributed by atoms with Gasteiger partial charge in [0.1, 0.15) is 12.4 Å². The van der Waals surface area contributed by atoms with Gasteiger partial charge >= 0.3 is 5.97 Å². The number of aromatic nitrogens is 2. The standard InChI is InChI=1S/C30H26FN3O5/c1-38-24-8-7-22-25-18(9-12-33(27(24)25)14-17-5-3-2-4-6-17)19-15-34-23(26(19)32-22)13-21-20(28(34)35)16-39-29(36)30(21,37)10-11-31/h2-8,13,37H,9-12,14-16H2,1H3. The summed E-state index contributed by atoms with van der Waals surface area (Å²) in [6.07, 6.45) is 0.273. The molecule has 3 aliphatic rings. The molecule has 8 nitrogen and oxygen atoms in total. The van der Waals surface area contributed by atoms with E-state index < -0.39 is 24.7 Å². The van der Waals surface area contributed by atoms with Gasteiger partial charge in [-0.3, -0.25) is 9.18 Å². The highest BCUT2D eigenvalue weighted by molar-refractivity contribution is 6.01. The number of carbonyl (C=O) groups excluding carboxylic acids is 1. The van der Waals surface area contributed by atoms with Crippen LogP contribution in [0.1, 0.15) is 34.2 Å². The fraction of sp³-hybridized carbons (Fsp3) is 0.300. The predicted molar refractivity (Wildman–Crippen MR) is 143 cm³/mol. The Bertz CT molecular complexity index is 1740. The first-order valence-corrected chi connectivity index (χ1v) is 13.0. The van der Waals surface area contributed by atoms with Gasteiger partial charge in [0.05, 0.1) is 48.5 Å². The third-order valence-corrected chi connectivity index (χ3v) is 8.23. The largest absolute Gasteiger partial charge is 0.495 e. The summed E-state index contributed by atoms with van der Waals surface area (Å²) in [7, 11) is 1.66. The predicted octanol–water partition coefficient (Wildman–Crippen LogP) is 3.60. The number of esters is 1. The first-order valence-electron chi connectivity index (χ1n) is 13.0. The molecule has 5 heterocycles. The van der Waals surface area contributed by atoms with E-state index in [0.717, 1.165) is 53.0 Å². The summed E-state index contributed by atoms with van der Waals surface area (Å²) in [4.78, 5) is 33.4. The van der Waals surface area contributed by atoms with Crippen LogP contribution in [0, 0.1) is 0 Å². The Hall–Kier alpha value is -4.24. The van der Waals surface area contributed by atoms with Crippen LogP contribution in [-0.2, 0) is 41.2 Å². The van der Waals surface area contributed by atoms with Gasteiger partial charge in [0.2, 0.25) is 0 Å². The van der Waals surface area contributed by atoms with Crippen LogP contribution in [0.4, 0.5) is 10.1 Å². The summed E-state index contributed by atoms with van der Waals surface area (Å²) in [5, 5.41) is 12.1. The molecule has 0 fully saturated rings. The molecular weight excluding hydrogens is 501 g/mol. The number of aliphatic hydroxyl groups is 1. The van der Waals surface area contributed by atoms with E-state index >= 15 is 0 Å². The van der Waals surface area contributed by atoms with E-state index in [1.54, 1.807) is 17.7 Å². The van der Waals surface area contributed by atoms with Gasteiger partial charge in [-0.25, -0.2) is 9.78 Å². The smallest absolute Gasteiger partial charge is 0.343 e. The van der Waals surface area contributed by atoms with Crippen molar-refractivity contribution in [3.8, 4) is 17.1 Å². The van der Waals surface area contributed by atoms with E-state index in [4.69, 9.17) is 14.5 Å². The number of ether oxygens (including phenoxy) is 2. The number of nitrogens with zero attached hydrogens (tertiary/aromatic N) is 3. The minimum absolute atomic E-state index is 0.112. The Morgan fingerprint density at radius 3 is 2.72 bits per heavy atom. The van der Waals surface area contributed by atoms with Gasteiger partial charge in [-0.15, -0.1) is 0 Å². The third-order valence-electron chi connectivity index (χ3n) is 8.23. The van der Waals surface area contributed by atoms with E-state index in [1.165, 1.54) is 5.56 Å². The summed E-state index contributed by atoms with van der Waals surface area (Å²) in [5.74, 6) is -0.178. The molecule has 0 radical (unpaired) electrons. The number of fused-ring (bicyclic) bond motifs is 5. The van der Waals surface area contributed by atoms with Crippen LogP contribution in [-0.4, -0.2) is 41.0 Å². The number of methoxy groups -OCH3 is 1. The van der Waals surface area contributed by atoms with Crippen molar-refractivity contribution in [2.45, 2.75) is 38.1 Å². The molecule has 7 rings (SSSR count). The fourth-order valence-electron chi connectivity index (χ4n) is 6.34. The summed E-state index contributed by atoms with van der Waals surface area (Å²) in [6, 6.07) is 15.7. The molecular formula is C30H26FN3O5. The summed E-state index contributed by atoms with van der Waals surface area (Å²) in [5.41, 5.74) is 3.88. The van der Waals surface area contributed by atoms with Crippen LogP contribution in [0.15, 0.2) is 53.3 Å². The van der Waals surface area contributed by atoms with Crippen molar-refractivity contribution in [3.63, 3.8) is 0 Å². The number of anilines is 1. The molecule has 2 aromatic carbocycles. The molecule has 2 aromatic heterocycles. The highest BCUT2D eigenvalue weighted by Gasteiger charge is 2.46. The molecule has 1 N–H and O–H groups in total. The van der Waals surface area contributed by atoms with Gasteiger partial charge in [-0.1, -0.05) is 30.3 Å². The molecule has 0 amide bonds. The van der Waals surface area contributed by atoms with Gasteiger partial charge in [0, 0.05) is 36.0 Å². The third kappa shape index (κ3) is 3.35. The Kier molecular flexibility index (Phi) is 5.28. The van der Waals surface area contributed by atoms with Crippen LogP contribution < -0.4 is 15.2 Å². The van der Waals surface area contributed by atoms with E-state index in [2.05, 4.69) is 17.0 Å². The lowest BCUT2D eigenvalue weighted by atomic mass is 9.85. The summed E-state index contributed by atoms with van der Waals surface area (Å²) in [6.45, 7) is 0.613. The van der Waals surface area contributed by atoms with Crippen LogP contribution in [0.25, 0.3) is 22.3 Å². The molecule has 1 unspecified atom stereocenters. The molecule has 9 heteroatoms. The van der Waals surface area contributed by atoms with Crippen molar-refractivity contribution >= 4 is 22.6 Å². The normalized spacial score (nSPS) is 18.9. The second-order valence-electron chi connectivity index (χ2n) is 10.3. The van der Waals surface area contributed by atoms with Crippen molar-refractivity contribution < 1.29 is 23.8 Å². The highest BCUT2D eigenvalue weighted by atomic mass is 19.1. The maximum atomic E-state index is 13.6. The summed E-state index contributed by atoms with van der Waals surface area (Å²) >= 11 is 0. The van der Waals surface area contributed by atoms with Gasteiger partial charge < -0.3 is 24.0 Å². The number of cyclic esters (lactones) is 1. The molecule has 39 heavy (non-hydrogen) atoms. The fourth-order valence-corrected chi connectivity index (χ4v) is 6.34. The van der Waals surface area contributed by atoms with Crippen LogP contribution in [0.5, 0.6) is 5.75 Å². The number of hydrogen-bond donors (Lipinski definition) is 1. The van der Waals surface area contributed by atoms with Crippen molar-refractivity contribution in [2.24, 2.45) is 0 Å². The number of hydrogen-bond acceptors (Lipinski definition) is 7. The van der Waals surface area contributed by atoms with E-state index in [-0.39, 0.29) is 23.3 Å². The van der Waals surface area contributed by atoms with Gasteiger partial charge in [0.15, 0.2) is 5.60 Å². The maximum absolute atomic E-state index is 13.6. The Morgan fingerprint density at radius 1 is 1.13 bits per heavy atom. The molecule has 0 saturated heterocycles. The molecule has 0 bridgehead atoms. The number of pyridine rings is 2. The highest BCUT2D eigenvalue weighted by Crippen LogP contribution is 2.46. The van der Waals surface area contributed by atoms with Crippen LogP contribution in [0.3, 0.4) is 0 Å². The van der Waals surface area contributed by atoms with E-state index in [9.17, 15) is 19.1 Å². The molecule has 3 aliphatic heterocycles. The second kappa shape index (κ2) is 8.64. The molecule has 0 spiro atoms. The lowest BCUT2D eigenvalue weighted by Gasteiger charge is -2.33. The molecule has 0 aliphatic carbocycles. The molecule has 198 valence electrons. The van der Waals surface area contributed by atoms with Gasteiger partial charge in [-0.05, 0) is 35.7 Å². The minimum atomic E-state index is -2.20. The van der Waals surface area contributed by atoms with Crippen molar-refractivity contribution in [1.29, 1.82) is 0 Å². The first-order chi connectivity index (χ1) is 18.9. The Balaban J connectivity index is 1.43.